The van der Waals surface area contributed by atoms with Gasteiger partial charge in [0.1, 0.15) is 6.04 Å². The minimum Gasteiger partial charge on any atom is -0.481 e. The van der Waals surface area contributed by atoms with Crippen LogP contribution in [0, 0.1) is 0 Å². The van der Waals surface area contributed by atoms with Crippen molar-refractivity contribution in [2.45, 2.75) is 25.8 Å². The van der Waals surface area contributed by atoms with Gasteiger partial charge in [0.2, 0.25) is 5.91 Å². The molecule has 1 fully saturated rings. The zero-order valence-electron chi connectivity index (χ0n) is 10.7. The molecule has 0 radical (unpaired) electrons. The largest absolute Gasteiger partial charge is 0.481 e. The van der Waals surface area contributed by atoms with Crippen LogP contribution in [-0.2, 0) is 9.59 Å². The smallest absolute Gasteiger partial charge is 0.320 e. The van der Waals surface area contributed by atoms with Gasteiger partial charge in [-0.3, -0.25) is 9.59 Å². The zero-order valence-corrected chi connectivity index (χ0v) is 10.7. The normalized spacial score (nSPS) is 19.3. The molecular weight excluding hydrogens is 238 g/mol. The molecule has 0 spiro atoms. The van der Waals surface area contributed by atoms with E-state index in [9.17, 15) is 14.4 Å². The summed E-state index contributed by atoms with van der Waals surface area (Å²) in [6.45, 7) is 2.88. The zero-order chi connectivity index (χ0) is 13.7. The minimum absolute atomic E-state index is 0.0981. The molecule has 1 atom stereocenters. The number of urea groups is 1. The van der Waals surface area contributed by atoms with Gasteiger partial charge in [-0.25, -0.2) is 4.79 Å². The number of carboxylic acid groups (broad SMARTS) is 1. The molecule has 1 aliphatic heterocycles. The molecule has 1 saturated heterocycles. The van der Waals surface area contributed by atoms with E-state index in [2.05, 4.69) is 5.32 Å². The van der Waals surface area contributed by atoms with Gasteiger partial charge in [0.05, 0.1) is 6.42 Å². The number of rotatable bonds is 4. The van der Waals surface area contributed by atoms with Crippen molar-refractivity contribution in [1.82, 2.24) is 15.1 Å². The van der Waals surface area contributed by atoms with Gasteiger partial charge in [0.25, 0.3) is 0 Å². The van der Waals surface area contributed by atoms with Crippen LogP contribution in [0.1, 0.15) is 19.8 Å². The Bertz CT molecular complexity index is 345. The van der Waals surface area contributed by atoms with Crippen molar-refractivity contribution in [3.05, 3.63) is 0 Å². The van der Waals surface area contributed by atoms with Crippen LogP contribution in [0.3, 0.4) is 0 Å². The molecule has 3 amide bonds. The third kappa shape index (κ3) is 3.35. The minimum atomic E-state index is -0.946. The summed E-state index contributed by atoms with van der Waals surface area (Å²) in [7, 11) is 1.55. The Kier molecular flexibility index (Phi) is 4.94. The molecule has 102 valence electrons. The molecule has 0 aromatic carbocycles. The molecule has 0 bridgehead atoms. The molecule has 1 rings (SSSR count). The topological polar surface area (TPSA) is 90.0 Å². The average molecular weight is 257 g/mol. The molecule has 0 aromatic heterocycles. The fourth-order valence-electron chi connectivity index (χ4n) is 1.93. The van der Waals surface area contributed by atoms with Crippen LogP contribution in [0.15, 0.2) is 0 Å². The van der Waals surface area contributed by atoms with E-state index in [0.717, 1.165) is 0 Å². The van der Waals surface area contributed by atoms with Gasteiger partial charge in [0, 0.05) is 26.7 Å². The van der Waals surface area contributed by atoms with Crippen molar-refractivity contribution in [2.75, 3.05) is 26.7 Å². The second-order valence-electron chi connectivity index (χ2n) is 4.26. The fourth-order valence-corrected chi connectivity index (χ4v) is 1.93. The van der Waals surface area contributed by atoms with Crippen LogP contribution in [-0.4, -0.2) is 65.5 Å². The molecule has 18 heavy (non-hydrogen) atoms. The number of carbonyl (C=O) groups excluding carboxylic acids is 2. The number of piperazine rings is 1. The average Bonchev–Trinajstić information content (AvgIpc) is 2.34. The molecule has 7 nitrogen and oxygen atoms in total. The number of nitrogens with one attached hydrogen (secondary N) is 1. The fraction of sp³-hybridized carbons (Fsp3) is 0.727. The maximum atomic E-state index is 12.1. The van der Waals surface area contributed by atoms with Gasteiger partial charge in [0.15, 0.2) is 0 Å². The summed E-state index contributed by atoms with van der Waals surface area (Å²) in [6.07, 6.45) is 0.448. The summed E-state index contributed by atoms with van der Waals surface area (Å²) in [6, 6.07) is -0.753. The van der Waals surface area contributed by atoms with Crippen LogP contribution >= 0.6 is 0 Å². The number of amides is 3. The number of carbonyl (C=O) groups is 3. The number of hydrogen-bond donors (Lipinski definition) is 2. The number of carboxylic acids is 1. The maximum absolute atomic E-state index is 12.1. The molecule has 0 aliphatic carbocycles. The van der Waals surface area contributed by atoms with Crippen molar-refractivity contribution in [3.63, 3.8) is 0 Å². The Labute approximate surface area is 106 Å². The Hall–Kier alpha value is -1.79. The second kappa shape index (κ2) is 6.23. The highest BCUT2D eigenvalue weighted by atomic mass is 16.4. The molecule has 7 heteroatoms. The first-order valence-corrected chi connectivity index (χ1v) is 5.98. The van der Waals surface area contributed by atoms with Crippen molar-refractivity contribution >= 4 is 17.9 Å². The van der Waals surface area contributed by atoms with Crippen molar-refractivity contribution in [2.24, 2.45) is 0 Å². The molecule has 1 heterocycles. The van der Waals surface area contributed by atoms with E-state index in [1.54, 1.807) is 7.05 Å². The number of aliphatic carboxylic acids is 1. The highest BCUT2D eigenvalue weighted by Gasteiger charge is 2.32. The lowest BCUT2D eigenvalue weighted by atomic mass is 10.1. The lowest BCUT2D eigenvalue weighted by molar-refractivity contribution is -0.137. The Balaban J connectivity index is 2.63. The van der Waals surface area contributed by atoms with E-state index < -0.39 is 12.0 Å². The molecule has 0 aromatic rings. The van der Waals surface area contributed by atoms with Gasteiger partial charge in [-0.1, -0.05) is 6.92 Å². The van der Waals surface area contributed by atoms with Crippen LogP contribution in [0.2, 0.25) is 0 Å². The first kappa shape index (κ1) is 14.3. The van der Waals surface area contributed by atoms with Crippen molar-refractivity contribution < 1.29 is 19.5 Å². The highest BCUT2D eigenvalue weighted by molar-refractivity contribution is 5.88. The third-order valence-corrected chi connectivity index (χ3v) is 2.95. The Morgan fingerprint density at radius 2 is 2.22 bits per heavy atom. The predicted molar refractivity (Wildman–Crippen MR) is 64.1 cm³/mol. The first-order chi connectivity index (χ1) is 8.47. The quantitative estimate of drug-likeness (QED) is 0.725. The summed E-state index contributed by atoms with van der Waals surface area (Å²) < 4.78 is 0. The van der Waals surface area contributed by atoms with E-state index >= 15 is 0 Å². The SMILES string of the molecule is CCC1C(=O)NCCN1C(=O)N(C)CCC(=O)O. The van der Waals surface area contributed by atoms with E-state index in [1.807, 2.05) is 6.92 Å². The van der Waals surface area contributed by atoms with Crippen LogP contribution in [0.5, 0.6) is 0 Å². The Morgan fingerprint density at radius 1 is 1.56 bits per heavy atom. The van der Waals surface area contributed by atoms with E-state index in [4.69, 9.17) is 5.11 Å². The monoisotopic (exact) mass is 257 g/mol. The van der Waals surface area contributed by atoms with Gasteiger partial charge in [-0.2, -0.15) is 0 Å². The van der Waals surface area contributed by atoms with Gasteiger partial charge in [-0.05, 0) is 6.42 Å². The summed E-state index contributed by atoms with van der Waals surface area (Å²) in [4.78, 5) is 37.0. The van der Waals surface area contributed by atoms with Crippen LogP contribution in [0.25, 0.3) is 0 Å². The summed E-state index contributed by atoms with van der Waals surface area (Å²) in [5, 5.41) is 11.3. The number of nitrogens with zero attached hydrogens (tertiary/aromatic N) is 2. The lowest BCUT2D eigenvalue weighted by Crippen LogP contribution is -2.59. The van der Waals surface area contributed by atoms with E-state index in [-0.39, 0.29) is 24.9 Å². The molecule has 1 unspecified atom stereocenters. The molecule has 1 aliphatic rings. The summed E-state index contributed by atoms with van der Waals surface area (Å²) in [5.41, 5.74) is 0. The third-order valence-electron chi connectivity index (χ3n) is 2.95. The predicted octanol–water partition coefficient (Wildman–Crippen LogP) is -0.277. The molecule has 0 saturated carbocycles. The second-order valence-corrected chi connectivity index (χ2v) is 4.26. The highest BCUT2D eigenvalue weighted by Crippen LogP contribution is 2.11. The first-order valence-electron chi connectivity index (χ1n) is 5.98. The molecular formula is C11H19N3O4. The number of hydrogen-bond acceptors (Lipinski definition) is 3. The van der Waals surface area contributed by atoms with E-state index in [1.165, 1.54) is 9.80 Å². The van der Waals surface area contributed by atoms with Crippen molar-refractivity contribution in [1.29, 1.82) is 0 Å². The lowest BCUT2D eigenvalue weighted by Gasteiger charge is -2.36. The summed E-state index contributed by atoms with van der Waals surface area (Å²) >= 11 is 0. The van der Waals surface area contributed by atoms with Crippen LogP contribution in [0.4, 0.5) is 4.79 Å². The van der Waals surface area contributed by atoms with Gasteiger partial charge >= 0.3 is 12.0 Å². The summed E-state index contributed by atoms with van der Waals surface area (Å²) in [5.74, 6) is -1.10. The van der Waals surface area contributed by atoms with Gasteiger partial charge in [-0.15, -0.1) is 0 Å². The maximum Gasteiger partial charge on any atom is 0.320 e. The van der Waals surface area contributed by atoms with E-state index in [0.29, 0.717) is 19.5 Å². The van der Waals surface area contributed by atoms with Gasteiger partial charge < -0.3 is 20.2 Å². The standard InChI is InChI=1S/C11H19N3O4/c1-3-8-10(17)12-5-7-14(8)11(18)13(2)6-4-9(15)16/h8H,3-7H2,1-2H3,(H,12,17)(H,15,16). The van der Waals surface area contributed by atoms with Crippen molar-refractivity contribution in [3.8, 4) is 0 Å². The Morgan fingerprint density at radius 3 is 2.78 bits per heavy atom. The van der Waals surface area contributed by atoms with Crippen LogP contribution < -0.4 is 5.32 Å². The molecule has 2 N–H and O–H groups in total.